The lowest BCUT2D eigenvalue weighted by Gasteiger charge is -2.20. The van der Waals surface area contributed by atoms with E-state index in [1.54, 1.807) is 24.3 Å². The molecule has 0 bridgehead atoms. The number of hydrogen-bond acceptors (Lipinski definition) is 3. The van der Waals surface area contributed by atoms with Gasteiger partial charge in [-0.2, -0.15) is 17.0 Å². The maximum absolute atomic E-state index is 12.9. The predicted octanol–water partition coefficient (Wildman–Crippen LogP) is 3.27. The molecule has 1 N–H and O–H groups in total. The molecule has 150 valence electrons. The molecule has 1 fully saturated rings. The van der Waals surface area contributed by atoms with Crippen LogP contribution in [0.25, 0.3) is 0 Å². The Morgan fingerprint density at radius 1 is 1.07 bits per heavy atom. The highest BCUT2D eigenvalue weighted by Crippen LogP contribution is 2.24. The van der Waals surface area contributed by atoms with Crippen LogP contribution in [0.5, 0.6) is 0 Å². The molecule has 0 aromatic heterocycles. The SMILES string of the molecule is Cc1cc(C)c(CN2CCN(CC(=O)Nc3cccc(Cl)c3)S2(=O)=O)c(C)c1. The Morgan fingerprint density at radius 2 is 1.71 bits per heavy atom. The van der Waals surface area contributed by atoms with E-state index >= 15 is 0 Å². The maximum Gasteiger partial charge on any atom is 0.282 e. The molecule has 28 heavy (non-hydrogen) atoms. The lowest BCUT2D eigenvalue weighted by Crippen LogP contribution is -2.38. The molecule has 0 spiro atoms. The highest BCUT2D eigenvalue weighted by molar-refractivity contribution is 7.87. The summed E-state index contributed by atoms with van der Waals surface area (Å²) < 4.78 is 28.4. The summed E-state index contributed by atoms with van der Waals surface area (Å²) in [6, 6.07) is 10.9. The Balaban J connectivity index is 1.69. The average Bonchev–Trinajstić information content (AvgIpc) is 2.85. The van der Waals surface area contributed by atoms with E-state index in [1.165, 1.54) is 8.61 Å². The van der Waals surface area contributed by atoms with E-state index < -0.39 is 16.1 Å². The van der Waals surface area contributed by atoms with Gasteiger partial charge in [0, 0.05) is 30.3 Å². The van der Waals surface area contributed by atoms with Crippen molar-refractivity contribution in [2.24, 2.45) is 0 Å². The number of carbonyl (C=O) groups excluding carboxylic acids is 1. The molecule has 1 saturated heterocycles. The number of amides is 1. The zero-order valence-electron chi connectivity index (χ0n) is 16.2. The molecular weight excluding hydrogens is 398 g/mol. The first kappa shape index (κ1) is 20.8. The summed E-state index contributed by atoms with van der Waals surface area (Å²) in [6.45, 7) is 6.75. The first-order valence-electron chi connectivity index (χ1n) is 9.04. The smallest absolute Gasteiger partial charge is 0.282 e. The van der Waals surface area contributed by atoms with Gasteiger partial charge >= 0.3 is 0 Å². The summed E-state index contributed by atoms with van der Waals surface area (Å²) in [5.41, 5.74) is 4.85. The molecule has 0 saturated carbocycles. The van der Waals surface area contributed by atoms with Crippen molar-refractivity contribution >= 4 is 33.4 Å². The van der Waals surface area contributed by atoms with E-state index in [-0.39, 0.29) is 13.1 Å². The monoisotopic (exact) mass is 421 g/mol. The highest BCUT2D eigenvalue weighted by atomic mass is 35.5. The van der Waals surface area contributed by atoms with Gasteiger partial charge in [0.2, 0.25) is 5.91 Å². The summed E-state index contributed by atoms with van der Waals surface area (Å²) in [6.07, 6.45) is 0. The fourth-order valence-corrected chi connectivity index (χ4v) is 5.22. The number of aryl methyl sites for hydroxylation is 3. The van der Waals surface area contributed by atoms with Crippen molar-refractivity contribution in [2.75, 3.05) is 25.0 Å². The standard InChI is InChI=1S/C20H24ClN3O3S/c1-14-9-15(2)19(16(3)10-14)12-23-7-8-24(28(23,26)27)13-20(25)22-18-6-4-5-17(21)11-18/h4-6,9-11H,7-8,12-13H2,1-3H3,(H,22,25). The lowest BCUT2D eigenvalue weighted by atomic mass is 10.00. The number of nitrogens with one attached hydrogen (secondary N) is 1. The Morgan fingerprint density at radius 3 is 2.36 bits per heavy atom. The molecule has 1 heterocycles. The number of carbonyl (C=O) groups is 1. The molecule has 1 aliphatic rings. The molecule has 2 aromatic rings. The second-order valence-corrected chi connectivity index (χ2v) is 9.48. The zero-order chi connectivity index (χ0) is 20.5. The Hall–Kier alpha value is -1.93. The first-order valence-corrected chi connectivity index (χ1v) is 10.8. The van der Waals surface area contributed by atoms with Crippen LogP contribution in [-0.2, 0) is 21.5 Å². The van der Waals surface area contributed by atoms with Crippen molar-refractivity contribution in [1.82, 2.24) is 8.61 Å². The Kier molecular flexibility index (Phi) is 6.09. The molecule has 3 rings (SSSR count). The summed E-state index contributed by atoms with van der Waals surface area (Å²) >= 11 is 5.91. The van der Waals surface area contributed by atoms with Crippen LogP contribution in [0.1, 0.15) is 22.3 Å². The van der Waals surface area contributed by atoms with Gasteiger partial charge in [0.15, 0.2) is 0 Å². The molecule has 0 radical (unpaired) electrons. The van der Waals surface area contributed by atoms with Gasteiger partial charge in [-0.05, 0) is 55.7 Å². The van der Waals surface area contributed by atoms with Crippen LogP contribution in [0.2, 0.25) is 5.02 Å². The van der Waals surface area contributed by atoms with Crippen molar-refractivity contribution in [3.63, 3.8) is 0 Å². The number of halogens is 1. The van der Waals surface area contributed by atoms with E-state index in [2.05, 4.69) is 17.4 Å². The van der Waals surface area contributed by atoms with E-state index in [1.807, 2.05) is 20.8 Å². The largest absolute Gasteiger partial charge is 0.325 e. The predicted molar refractivity (Wildman–Crippen MR) is 112 cm³/mol. The number of anilines is 1. The van der Waals surface area contributed by atoms with Crippen LogP contribution in [-0.4, -0.2) is 42.6 Å². The van der Waals surface area contributed by atoms with Gasteiger partial charge in [0.25, 0.3) is 10.2 Å². The van der Waals surface area contributed by atoms with Crippen molar-refractivity contribution in [1.29, 1.82) is 0 Å². The minimum absolute atomic E-state index is 0.225. The Bertz CT molecular complexity index is 985. The molecule has 8 heteroatoms. The summed E-state index contributed by atoms with van der Waals surface area (Å²) in [4.78, 5) is 12.3. The number of benzene rings is 2. The van der Waals surface area contributed by atoms with Crippen LogP contribution in [0.4, 0.5) is 5.69 Å². The molecule has 0 unspecified atom stereocenters. The number of nitrogens with zero attached hydrogens (tertiary/aromatic N) is 2. The third kappa shape index (κ3) is 4.55. The molecule has 0 atom stereocenters. The van der Waals surface area contributed by atoms with Crippen LogP contribution >= 0.6 is 11.6 Å². The quantitative estimate of drug-likeness (QED) is 0.805. The van der Waals surface area contributed by atoms with Crippen molar-refractivity contribution in [2.45, 2.75) is 27.3 Å². The van der Waals surface area contributed by atoms with Gasteiger partial charge in [0.05, 0.1) is 6.54 Å². The van der Waals surface area contributed by atoms with E-state index in [4.69, 9.17) is 11.6 Å². The maximum atomic E-state index is 12.9. The second-order valence-electron chi connectivity index (χ2n) is 7.11. The van der Waals surface area contributed by atoms with Gasteiger partial charge in [-0.1, -0.05) is 35.4 Å². The summed E-state index contributed by atoms with van der Waals surface area (Å²) in [7, 11) is -3.69. The van der Waals surface area contributed by atoms with Gasteiger partial charge < -0.3 is 5.32 Å². The van der Waals surface area contributed by atoms with Gasteiger partial charge in [-0.25, -0.2) is 0 Å². The minimum Gasteiger partial charge on any atom is -0.325 e. The van der Waals surface area contributed by atoms with Gasteiger partial charge in [-0.3, -0.25) is 4.79 Å². The van der Waals surface area contributed by atoms with Crippen LogP contribution < -0.4 is 5.32 Å². The van der Waals surface area contributed by atoms with E-state index in [0.717, 1.165) is 22.3 Å². The first-order chi connectivity index (χ1) is 13.2. The van der Waals surface area contributed by atoms with Gasteiger partial charge in [-0.15, -0.1) is 0 Å². The fourth-order valence-electron chi connectivity index (χ4n) is 3.50. The second kappa shape index (κ2) is 8.21. The topological polar surface area (TPSA) is 69.7 Å². The third-order valence-electron chi connectivity index (χ3n) is 4.85. The fraction of sp³-hybridized carbons (Fsp3) is 0.350. The number of rotatable bonds is 5. The zero-order valence-corrected chi connectivity index (χ0v) is 17.8. The lowest BCUT2D eigenvalue weighted by molar-refractivity contribution is -0.116. The van der Waals surface area contributed by atoms with Crippen molar-refractivity contribution in [3.8, 4) is 0 Å². The third-order valence-corrected chi connectivity index (χ3v) is 7.02. The molecule has 1 aliphatic heterocycles. The van der Waals surface area contributed by atoms with Gasteiger partial charge in [0.1, 0.15) is 0 Å². The average molecular weight is 422 g/mol. The van der Waals surface area contributed by atoms with E-state index in [0.29, 0.717) is 23.8 Å². The normalized spacial score (nSPS) is 17.0. The molecular formula is C20H24ClN3O3S. The Labute approximate surface area is 171 Å². The van der Waals surface area contributed by atoms with Crippen LogP contribution in [0, 0.1) is 20.8 Å². The van der Waals surface area contributed by atoms with E-state index in [9.17, 15) is 13.2 Å². The summed E-state index contributed by atoms with van der Waals surface area (Å²) in [5.74, 6) is -0.393. The van der Waals surface area contributed by atoms with Crippen molar-refractivity contribution < 1.29 is 13.2 Å². The molecule has 6 nitrogen and oxygen atoms in total. The number of hydrogen-bond donors (Lipinski definition) is 1. The molecule has 1 amide bonds. The minimum atomic E-state index is -3.69. The van der Waals surface area contributed by atoms with Crippen LogP contribution in [0.15, 0.2) is 36.4 Å². The molecule has 0 aliphatic carbocycles. The summed E-state index contributed by atoms with van der Waals surface area (Å²) in [5, 5.41) is 3.19. The van der Waals surface area contributed by atoms with Crippen LogP contribution in [0.3, 0.4) is 0 Å². The van der Waals surface area contributed by atoms with Crippen molar-refractivity contribution in [3.05, 3.63) is 63.7 Å². The molecule has 2 aromatic carbocycles. The highest BCUT2D eigenvalue weighted by Gasteiger charge is 2.37.